The molecule has 2 rings (SSSR count). The van der Waals surface area contributed by atoms with Crippen molar-refractivity contribution in [3.05, 3.63) is 59.4 Å². The molecule has 3 heteroatoms. The number of halogens is 1. The zero-order chi connectivity index (χ0) is 13.8. The lowest BCUT2D eigenvalue weighted by atomic mass is 9.49. The topological polar surface area (TPSA) is 9.23 Å². The first kappa shape index (κ1) is 16.3. The van der Waals surface area contributed by atoms with Gasteiger partial charge in [-0.05, 0) is 24.6 Å². The Bertz CT molecular complexity index is 549. The van der Waals surface area contributed by atoms with Crippen molar-refractivity contribution in [2.24, 2.45) is 0 Å². The first-order valence-corrected chi connectivity index (χ1v) is 6.54. The van der Waals surface area contributed by atoms with Gasteiger partial charge in [-0.15, -0.1) is 0 Å². The summed E-state index contributed by atoms with van der Waals surface area (Å²) in [5, 5.41) is 0. The van der Waals surface area contributed by atoms with Crippen LogP contribution in [-0.4, -0.2) is 6.71 Å². The highest BCUT2D eigenvalue weighted by Crippen LogP contribution is 2.15. The molecule has 0 fully saturated rings. The lowest BCUT2D eigenvalue weighted by molar-refractivity contribution is 0.299. The van der Waals surface area contributed by atoms with E-state index in [1.807, 2.05) is 30.3 Å². The van der Waals surface area contributed by atoms with Crippen molar-refractivity contribution in [2.75, 3.05) is 0 Å². The van der Waals surface area contributed by atoms with E-state index in [1.165, 1.54) is 5.46 Å². The zero-order valence-electron chi connectivity index (χ0n) is 11.6. The molecular weight excluding hydrogens is 250 g/mol. The van der Waals surface area contributed by atoms with E-state index >= 15 is 0 Å². The maximum Gasteiger partial charge on any atom is 0.169 e. The molecule has 1 nitrogen and oxygen atoms in total. The van der Waals surface area contributed by atoms with Crippen LogP contribution in [0.15, 0.2) is 42.5 Å². The maximum atomic E-state index is 13.8. The molecule has 106 valence electrons. The summed E-state index contributed by atoms with van der Waals surface area (Å²) in [7, 11) is 0. The van der Waals surface area contributed by atoms with Crippen molar-refractivity contribution >= 4 is 12.2 Å². The van der Waals surface area contributed by atoms with Gasteiger partial charge in [-0.3, -0.25) is 0 Å². The minimum atomic E-state index is -0.179. The van der Waals surface area contributed by atoms with E-state index in [4.69, 9.17) is 4.74 Å². The molecule has 0 saturated heterocycles. The minimum Gasteiger partial charge on any atom is -0.489 e. The van der Waals surface area contributed by atoms with Gasteiger partial charge >= 0.3 is 0 Å². The third kappa shape index (κ3) is 3.86. The van der Waals surface area contributed by atoms with Gasteiger partial charge in [-0.25, -0.2) is 4.39 Å². The van der Waals surface area contributed by atoms with Crippen LogP contribution in [0.4, 0.5) is 4.39 Å². The molecule has 2 aromatic carbocycles. The summed E-state index contributed by atoms with van der Waals surface area (Å²) < 4.78 is 19.4. The van der Waals surface area contributed by atoms with Gasteiger partial charge < -0.3 is 4.74 Å². The quantitative estimate of drug-likeness (QED) is 0.753. The number of hydrogen-bond acceptors (Lipinski definition) is 1. The first-order chi connectivity index (χ1) is 9.08. The fraction of sp³-hybridized carbons (Fsp3) is 0.294. The van der Waals surface area contributed by atoms with Crippen molar-refractivity contribution in [3.63, 3.8) is 0 Å². The van der Waals surface area contributed by atoms with Crippen LogP contribution < -0.4 is 10.2 Å². The Hall–Kier alpha value is -1.77. The largest absolute Gasteiger partial charge is 0.489 e. The number of ether oxygens (including phenoxy) is 1. The standard InChI is InChI=1S/C16H18BFO.CH4/c1-12-5-4-6-13(16(12)18)11-19-15-9-7-14(8-10-15)17(2)3;/h4-10H,11H2,1-3H3;1H4. The van der Waals surface area contributed by atoms with E-state index in [9.17, 15) is 4.39 Å². The van der Waals surface area contributed by atoms with E-state index < -0.39 is 0 Å². The molecule has 0 N–H and O–H groups in total. The van der Waals surface area contributed by atoms with E-state index in [0.717, 1.165) is 5.75 Å². The van der Waals surface area contributed by atoms with Gasteiger partial charge in [0.05, 0.1) is 0 Å². The van der Waals surface area contributed by atoms with Crippen molar-refractivity contribution in [2.45, 2.75) is 34.6 Å². The second-order valence-electron chi connectivity index (χ2n) is 5.06. The molecule has 0 saturated carbocycles. The predicted molar refractivity (Wildman–Crippen MR) is 85.8 cm³/mol. The summed E-state index contributed by atoms with van der Waals surface area (Å²) in [6.07, 6.45) is 0. The summed E-state index contributed by atoms with van der Waals surface area (Å²) >= 11 is 0. The summed E-state index contributed by atoms with van der Waals surface area (Å²) in [4.78, 5) is 0. The molecule has 0 radical (unpaired) electrons. The van der Waals surface area contributed by atoms with Gasteiger partial charge in [-0.1, -0.05) is 56.9 Å². The number of benzene rings is 2. The summed E-state index contributed by atoms with van der Waals surface area (Å²) in [5.41, 5.74) is 2.51. The average molecular weight is 272 g/mol. The number of hydrogen-bond donors (Lipinski definition) is 0. The molecular formula is C17H22BFO. The van der Waals surface area contributed by atoms with Crippen LogP contribution in [0.3, 0.4) is 0 Å². The van der Waals surface area contributed by atoms with Crippen LogP contribution in [0.5, 0.6) is 5.75 Å². The predicted octanol–water partition coefficient (Wildman–Crippen LogP) is 4.31. The van der Waals surface area contributed by atoms with Crippen LogP contribution in [0.1, 0.15) is 18.6 Å². The Balaban J connectivity index is 0.00000200. The molecule has 0 aliphatic heterocycles. The SMILES string of the molecule is C.CB(C)c1ccc(OCc2cccc(C)c2F)cc1. The molecule has 0 bridgehead atoms. The van der Waals surface area contributed by atoms with Crippen molar-refractivity contribution in [1.82, 2.24) is 0 Å². The Morgan fingerprint density at radius 1 is 1.05 bits per heavy atom. The van der Waals surface area contributed by atoms with E-state index in [0.29, 0.717) is 17.8 Å². The lowest BCUT2D eigenvalue weighted by Crippen LogP contribution is -2.21. The average Bonchev–Trinajstić information content (AvgIpc) is 2.41. The molecule has 0 aliphatic rings. The highest BCUT2D eigenvalue weighted by atomic mass is 19.1. The van der Waals surface area contributed by atoms with Gasteiger partial charge in [0, 0.05) is 5.56 Å². The highest BCUT2D eigenvalue weighted by Gasteiger charge is 2.06. The van der Waals surface area contributed by atoms with Crippen LogP contribution in [0, 0.1) is 12.7 Å². The molecule has 0 spiro atoms. The van der Waals surface area contributed by atoms with Crippen LogP contribution in [0.2, 0.25) is 13.6 Å². The molecule has 0 heterocycles. The summed E-state index contributed by atoms with van der Waals surface area (Å²) in [6.45, 7) is 6.82. The molecule has 0 aromatic heterocycles. The fourth-order valence-electron chi connectivity index (χ4n) is 1.93. The van der Waals surface area contributed by atoms with Gasteiger partial charge in [0.25, 0.3) is 0 Å². The Labute approximate surface area is 121 Å². The smallest absolute Gasteiger partial charge is 0.169 e. The van der Waals surface area contributed by atoms with E-state index in [-0.39, 0.29) is 19.9 Å². The maximum absolute atomic E-state index is 13.8. The second-order valence-corrected chi connectivity index (χ2v) is 5.06. The number of rotatable bonds is 4. The van der Waals surface area contributed by atoms with Crippen molar-refractivity contribution in [1.29, 1.82) is 0 Å². The van der Waals surface area contributed by atoms with Crippen molar-refractivity contribution in [3.8, 4) is 5.75 Å². The van der Waals surface area contributed by atoms with E-state index in [1.54, 1.807) is 19.1 Å². The van der Waals surface area contributed by atoms with Crippen LogP contribution >= 0.6 is 0 Å². The lowest BCUT2D eigenvalue weighted by Gasteiger charge is -2.09. The van der Waals surface area contributed by atoms with Crippen molar-refractivity contribution < 1.29 is 9.13 Å². The second kappa shape index (κ2) is 7.13. The van der Waals surface area contributed by atoms with Crippen LogP contribution in [0.25, 0.3) is 0 Å². The molecule has 0 unspecified atom stereocenters. The number of aryl methyl sites for hydroxylation is 1. The minimum absolute atomic E-state index is 0. The molecule has 0 atom stereocenters. The normalized spacial score (nSPS) is 9.80. The third-order valence-corrected chi connectivity index (χ3v) is 3.21. The fourth-order valence-corrected chi connectivity index (χ4v) is 1.93. The monoisotopic (exact) mass is 272 g/mol. The first-order valence-electron chi connectivity index (χ1n) is 6.54. The Morgan fingerprint density at radius 3 is 2.30 bits per heavy atom. The highest BCUT2D eigenvalue weighted by molar-refractivity contribution is 6.70. The van der Waals surface area contributed by atoms with Gasteiger partial charge in [-0.2, -0.15) is 0 Å². The Kier molecular flexibility index (Phi) is 5.81. The molecule has 20 heavy (non-hydrogen) atoms. The summed E-state index contributed by atoms with van der Waals surface area (Å²) in [5.74, 6) is 0.589. The van der Waals surface area contributed by atoms with Crippen LogP contribution in [-0.2, 0) is 6.61 Å². The summed E-state index contributed by atoms with van der Waals surface area (Å²) in [6, 6.07) is 13.3. The molecule has 2 aromatic rings. The van der Waals surface area contributed by atoms with Gasteiger partial charge in [0.15, 0.2) is 6.71 Å². The zero-order valence-corrected chi connectivity index (χ0v) is 11.6. The Morgan fingerprint density at radius 2 is 1.70 bits per heavy atom. The molecule has 0 amide bonds. The van der Waals surface area contributed by atoms with E-state index in [2.05, 4.69) is 13.6 Å². The molecule has 0 aliphatic carbocycles. The third-order valence-electron chi connectivity index (χ3n) is 3.21. The van der Waals surface area contributed by atoms with Gasteiger partial charge in [0.2, 0.25) is 0 Å². The van der Waals surface area contributed by atoms with Gasteiger partial charge in [0.1, 0.15) is 18.2 Å².